The van der Waals surface area contributed by atoms with Crippen LogP contribution in [0.25, 0.3) is 11.1 Å². The highest BCUT2D eigenvalue weighted by Gasteiger charge is 2.12. The number of aromatic hydroxyl groups is 1. The molecule has 0 bridgehead atoms. The van der Waals surface area contributed by atoms with Gasteiger partial charge in [-0.25, -0.2) is 4.98 Å². The molecule has 0 amide bonds. The number of nitrogens with one attached hydrogen (secondary N) is 1. The molecule has 116 valence electrons. The van der Waals surface area contributed by atoms with Gasteiger partial charge in [-0.15, -0.1) is 0 Å². The van der Waals surface area contributed by atoms with Gasteiger partial charge in [-0.3, -0.25) is 0 Å². The second-order valence-electron chi connectivity index (χ2n) is 6.04. The molecule has 1 fully saturated rings. The van der Waals surface area contributed by atoms with Crippen molar-refractivity contribution in [1.29, 1.82) is 0 Å². The van der Waals surface area contributed by atoms with E-state index in [0.29, 0.717) is 17.6 Å². The van der Waals surface area contributed by atoms with Gasteiger partial charge in [-0.1, -0.05) is 12.5 Å². The Morgan fingerprint density at radius 3 is 2.86 bits per heavy atom. The van der Waals surface area contributed by atoms with Gasteiger partial charge in [0.05, 0.1) is 0 Å². The summed E-state index contributed by atoms with van der Waals surface area (Å²) in [5.74, 6) is 0.799. The Bertz CT molecular complexity index is 636. The van der Waals surface area contributed by atoms with Crippen LogP contribution in [-0.2, 0) is 6.42 Å². The Labute approximate surface area is 131 Å². The third-order valence-electron chi connectivity index (χ3n) is 4.29. The number of nitrogen functional groups attached to an aromatic ring is 1. The third-order valence-corrected chi connectivity index (χ3v) is 4.29. The summed E-state index contributed by atoms with van der Waals surface area (Å²) in [5.41, 5.74) is 8.88. The van der Waals surface area contributed by atoms with Gasteiger partial charge in [0, 0.05) is 12.2 Å². The van der Waals surface area contributed by atoms with Gasteiger partial charge in [0.15, 0.2) is 0 Å². The van der Waals surface area contributed by atoms with E-state index in [9.17, 15) is 5.11 Å². The Hall–Kier alpha value is -2.07. The Morgan fingerprint density at radius 1 is 1.18 bits per heavy atom. The molecule has 1 aromatic carbocycles. The van der Waals surface area contributed by atoms with Crippen LogP contribution in [0.15, 0.2) is 36.5 Å². The van der Waals surface area contributed by atoms with E-state index in [1.165, 1.54) is 19.3 Å². The number of hydrogen-bond acceptors (Lipinski definition) is 4. The number of nitrogens with zero attached hydrogens (tertiary/aromatic N) is 1. The lowest BCUT2D eigenvalue weighted by molar-refractivity contribution is 0.382. The zero-order chi connectivity index (χ0) is 15.4. The average molecular weight is 297 g/mol. The largest absolute Gasteiger partial charge is 0.508 e. The Kier molecular flexibility index (Phi) is 4.59. The number of piperidine rings is 1. The summed E-state index contributed by atoms with van der Waals surface area (Å²) in [7, 11) is 0. The zero-order valence-electron chi connectivity index (χ0n) is 12.8. The molecule has 4 N–H and O–H groups in total. The summed E-state index contributed by atoms with van der Waals surface area (Å²) < 4.78 is 0. The summed E-state index contributed by atoms with van der Waals surface area (Å²) in [6.45, 7) is 1.13. The number of nitrogens with two attached hydrogens (primary N) is 1. The molecule has 4 nitrogen and oxygen atoms in total. The smallest absolute Gasteiger partial charge is 0.123 e. The van der Waals surface area contributed by atoms with Gasteiger partial charge < -0.3 is 16.2 Å². The van der Waals surface area contributed by atoms with Crippen LogP contribution in [0.5, 0.6) is 5.75 Å². The van der Waals surface area contributed by atoms with Gasteiger partial charge in [-0.2, -0.15) is 0 Å². The van der Waals surface area contributed by atoms with Crippen molar-refractivity contribution in [3.63, 3.8) is 0 Å². The number of hydrogen-bond donors (Lipinski definition) is 3. The quantitative estimate of drug-likeness (QED) is 0.811. The summed E-state index contributed by atoms with van der Waals surface area (Å²) in [5, 5.41) is 13.6. The first kappa shape index (κ1) is 14.9. The maximum absolute atomic E-state index is 10.00. The number of pyridine rings is 1. The number of aromatic nitrogens is 1. The normalized spacial score (nSPS) is 18.3. The Balaban J connectivity index is 1.74. The predicted octanol–water partition coefficient (Wildman–Crippen LogP) is 3.11. The van der Waals surface area contributed by atoms with Crippen molar-refractivity contribution < 1.29 is 5.11 Å². The molecule has 3 rings (SSSR count). The van der Waals surface area contributed by atoms with E-state index in [-0.39, 0.29) is 0 Å². The molecule has 2 aromatic rings. The molecule has 1 saturated heterocycles. The molecule has 0 saturated carbocycles. The highest BCUT2D eigenvalue weighted by atomic mass is 16.3. The molecule has 0 spiro atoms. The SMILES string of the molecule is Nc1cc(-c2cc(O)cc(CCC3CCCCN3)c2)ccn1. The molecule has 1 atom stereocenters. The standard InChI is InChI=1S/C18H23N3O/c19-18-12-14(6-8-21-18)15-9-13(10-17(22)11-15)4-5-16-3-1-2-7-20-16/h6,8-12,16,20,22H,1-5,7H2,(H2,19,21). The second-order valence-corrected chi connectivity index (χ2v) is 6.04. The topological polar surface area (TPSA) is 71.2 Å². The van der Waals surface area contributed by atoms with Crippen LogP contribution < -0.4 is 11.1 Å². The number of phenolic OH excluding ortho intramolecular Hbond substituents is 1. The molecule has 1 unspecified atom stereocenters. The zero-order valence-corrected chi connectivity index (χ0v) is 12.8. The lowest BCUT2D eigenvalue weighted by Crippen LogP contribution is -2.34. The monoisotopic (exact) mass is 297 g/mol. The van der Waals surface area contributed by atoms with E-state index in [1.54, 1.807) is 12.3 Å². The molecular weight excluding hydrogens is 274 g/mol. The summed E-state index contributed by atoms with van der Waals surface area (Å²) in [4.78, 5) is 4.01. The second kappa shape index (κ2) is 6.79. The fourth-order valence-electron chi connectivity index (χ4n) is 3.12. The minimum Gasteiger partial charge on any atom is -0.508 e. The van der Waals surface area contributed by atoms with E-state index in [1.807, 2.05) is 18.2 Å². The summed E-state index contributed by atoms with van der Waals surface area (Å²) in [6, 6.07) is 10.1. The molecule has 1 aromatic heterocycles. The third kappa shape index (κ3) is 3.77. The Morgan fingerprint density at radius 2 is 2.09 bits per heavy atom. The van der Waals surface area contributed by atoms with E-state index >= 15 is 0 Å². The van der Waals surface area contributed by atoms with Gasteiger partial charge in [0.25, 0.3) is 0 Å². The van der Waals surface area contributed by atoms with Crippen LogP contribution in [-0.4, -0.2) is 22.7 Å². The van der Waals surface area contributed by atoms with E-state index < -0.39 is 0 Å². The number of rotatable bonds is 4. The maximum Gasteiger partial charge on any atom is 0.123 e. The molecule has 0 aliphatic carbocycles. The van der Waals surface area contributed by atoms with Crippen LogP contribution >= 0.6 is 0 Å². The van der Waals surface area contributed by atoms with Crippen molar-refractivity contribution >= 4 is 5.82 Å². The first-order valence-corrected chi connectivity index (χ1v) is 7.99. The van der Waals surface area contributed by atoms with E-state index in [4.69, 9.17) is 5.73 Å². The molecule has 1 aliphatic rings. The molecule has 1 aliphatic heterocycles. The molecule has 22 heavy (non-hydrogen) atoms. The number of benzene rings is 1. The van der Waals surface area contributed by atoms with E-state index in [2.05, 4.69) is 16.4 Å². The molecular formula is C18H23N3O. The van der Waals surface area contributed by atoms with Crippen molar-refractivity contribution in [2.45, 2.75) is 38.1 Å². The first-order chi connectivity index (χ1) is 10.7. The van der Waals surface area contributed by atoms with Crippen molar-refractivity contribution in [3.8, 4) is 16.9 Å². The van der Waals surface area contributed by atoms with Crippen molar-refractivity contribution in [1.82, 2.24) is 10.3 Å². The minimum absolute atomic E-state index is 0.305. The van der Waals surface area contributed by atoms with Gasteiger partial charge in [0.1, 0.15) is 11.6 Å². The van der Waals surface area contributed by atoms with Crippen LogP contribution in [0.2, 0.25) is 0 Å². The van der Waals surface area contributed by atoms with Crippen LogP contribution in [0.3, 0.4) is 0 Å². The highest BCUT2D eigenvalue weighted by molar-refractivity contribution is 5.68. The summed E-state index contributed by atoms with van der Waals surface area (Å²) >= 11 is 0. The molecule has 4 heteroatoms. The number of phenols is 1. The lowest BCUT2D eigenvalue weighted by Gasteiger charge is -2.23. The van der Waals surface area contributed by atoms with Crippen LogP contribution in [0.4, 0.5) is 5.82 Å². The van der Waals surface area contributed by atoms with E-state index in [0.717, 1.165) is 36.1 Å². The maximum atomic E-state index is 10.00. The van der Waals surface area contributed by atoms with Gasteiger partial charge in [-0.05, 0) is 73.2 Å². The minimum atomic E-state index is 0.305. The number of aryl methyl sites for hydroxylation is 1. The summed E-state index contributed by atoms with van der Waals surface area (Å²) in [6.07, 6.45) is 7.64. The van der Waals surface area contributed by atoms with Crippen LogP contribution in [0.1, 0.15) is 31.2 Å². The molecule has 0 radical (unpaired) electrons. The van der Waals surface area contributed by atoms with Gasteiger partial charge in [0.2, 0.25) is 0 Å². The highest BCUT2D eigenvalue weighted by Crippen LogP contribution is 2.27. The van der Waals surface area contributed by atoms with Gasteiger partial charge >= 0.3 is 0 Å². The number of anilines is 1. The fraction of sp³-hybridized carbons (Fsp3) is 0.389. The molecule has 2 heterocycles. The lowest BCUT2D eigenvalue weighted by atomic mass is 9.96. The van der Waals surface area contributed by atoms with Crippen molar-refractivity contribution in [2.24, 2.45) is 0 Å². The van der Waals surface area contributed by atoms with Crippen molar-refractivity contribution in [2.75, 3.05) is 12.3 Å². The average Bonchev–Trinajstić information content (AvgIpc) is 2.53. The van der Waals surface area contributed by atoms with Crippen molar-refractivity contribution in [3.05, 3.63) is 42.1 Å². The van der Waals surface area contributed by atoms with Crippen LogP contribution in [0, 0.1) is 0 Å². The fourth-order valence-corrected chi connectivity index (χ4v) is 3.12. The first-order valence-electron chi connectivity index (χ1n) is 7.99. The predicted molar refractivity (Wildman–Crippen MR) is 89.7 cm³/mol.